The van der Waals surface area contributed by atoms with Crippen LogP contribution in [0.4, 0.5) is 5.69 Å². The van der Waals surface area contributed by atoms with Gasteiger partial charge in [-0.15, -0.1) is 0 Å². The molecule has 0 spiro atoms. The molecule has 136 valence electrons. The molecule has 0 unspecified atom stereocenters. The van der Waals surface area contributed by atoms with Crippen LogP contribution in [0.1, 0.15) is 12.8 Å². The maximum absolute atomic E-state index is 12.9. The van der Waals surface area contributed by atoms with Crippen molar-refractivity contribution in [2.24, 2.45) is 0 Å². The number of carbonyl (C=O) groups excluding carboxylic acids is 1. The van der Waals surface area contributed by atoms with Crippen LogP contribution in [0.15, 0.2) is 78.0 Å². The lowest BCUT2D eigenvalue weighted by molar-refractivity contribution is -0.116. The average molecular weight is 379 g/mol. The van der Waals surface area contributed by atoms with Gasteiger partial charge in [0.05, 0.1) is 23.0 Å². The van der Waals surface area contributed by atoms with Crippen LogP contribution in [0, 0.1) is 0 Å². The summed E-state index contributed by atoms with van der Waals surface area (Å²) >= 11 is 0. The second kappa shape index (κ2) is 6.59. The molecule has 3 aromatic rings. The van der Waals surface area contributed by atoms with Gasteiger partial charge >= 0.3 is 0 Å². The highest BCUT2D eigenvalue weighted by Crippen LogP contribution is 2.47. The number of amides is 1. The van der Waals surface area contributed by atoms with E-state index in [1.807, 2.05) is 30.3 Å². The number of hydrogen-bond donors (Lipinski definition) is 1. The molecule has 1 amide bonds. The van der Waals surface area contributed by atoms with Crippen LogP contribution in [-0.2, 0) is 14.6 Å². The summed E-state index contributed by atoms with van der Waals surface area (Å²) in [5, 5.41) is 2.66. The van der Waals surface area contributed by atoms with Crippen molar-refractivity contribution in [1.29, 1.82) is 0 Å². The number of aromatic nitrogens is 2. The number of nitrogens with zero attached hydrogens (tertiary/aromatic N) is 2. The van der Waals surface area contributed by atoms with E-state index in [0.717, 1.165) is 5.56 Å². The Balaban J connectivity index is 1.54. The van der Waals surface area contributed by atoms with Crippen molar-refractivity contribution in [3.8, 4) is 11.4 Å². The van der Waals surface area contributed by atoms with Gasteiger partial charge in [0.2, 0.25) is 5.91 Å². The lowest BCUT2D eigenvalue weighted by atomic mass is 10.2. The Bertz CT molecular complexity index is 1060. The molecule has 7 heteroatoms. The van der Waals surface area contributed by atoms with E-state index in [1.54, 1.807) is 18.2 Å². The Labute approximate surface area is 157 Å². The predicted octanol–water partition coefficient (Wildman–Crippen LogP) is 3.09. The molecule has 0 atom stereocenters. The molecule has 1 aromatic heterocycles. The highest BCUT2D eigenvalue weighted by molar-refractivity contribution is 7.94. The van der Waals surface area contributed by atoms with Gasteiger partial charge < -0.3 is 5.32 Å². The molecule has 0 saturated heterocycles. The van der Waals surface area contributed by atoms with Gasteiger partial charge in [0.1, 0.15) is 0 Å². The highest BCUT2D eigenvalue weighted by atomic mass is 32.2. The van der Waals surface area contributed by atoms with Crippen molar-refractivity contribution in [3.05, 3.63) is 73.1 Å². The molecule has 6 nitrogen and oxygen atoms in total. The van der Waals surface area contributed by atoms with Crippen molar-refractivity contribution in [2.45, 2.75) is 22.5 Å². The topological polar surface area (TPSA) is 89.0 Å². The molecule has 0 aliphatic heterocycles. The largest absolute Gasteiger partial charge is 0.322 e. The zero-order valence-corrected chi connectivity index (χ0v) is 15.2. The summed E-state index contributed by atoms with van der Waals surface area (Å²) in [5.41, 5.74) is 1.23. The first-order valence-corrected chi connectivity index (χ1v) is 10.00. The number of carbonyl (C=O) groups is 1. The fourth-order valence-electron chi connectivity index (χ4n) is 2.93. The molecular formula is C20H17N3O3S. The first-order valence-electron chi connectivity index (χ1n) is 8.52. The SMILES string of the molecule is O=C(Nc1cnc(-c2ccccc2)nc1)C1(S(=O)(=O)c2ccccc2)CC1. The molecular weight excluding hydrogens is 362 g/mol. The molecule has 27 heavy (non-hydrogen) atoms. The van der Waals surface area contributed by atoms with E-state index in [4.69, 9.17) is 0 Å². The Hall–Kier alpha value is -3.06. The van der Waals surface area contributed by atoms with Gasteiger partial charge in [0.25, 0.3) is 0 Å². The minimum absolute atomic E-state index is 0.160. The Kier molecular flexibility index (Phi) is 4.24. The number of rotatable bonds is 5. The summed E-state index contributed by atoms with van der Waals surface area (Å²) in [6.45, 7) is 0. The molecule has 1 saturated carbocycles. The molecule has 1 N–H and O–H groups in total. The number of benzene rings is 2. The van der Waals surface area contributed by atoms with Gasteiger partial charge in [0.15, 0.2) is 20.4 Å². The number of anilines is 1. The highest BCUT2D eigenvalue weighted by Gasteiger charge is 2.61. The zero-order chi connectivity index (χ0) is 18.9. The fourth-order valence-corrected chi connectivity index (χ4v) is 4.83. The molecule has 4 rings (SSSR count). The van der Waals surface area contributed by atoms with E-state index in [-0.39, 0.29) is 4.90 Å². The molecule has 1 fully saturated rings. The first-order chi connectivity index (χ1) is 13.0. The summed E-state index contributed by atoms with van der Waals surface area (Å²) in [7, 11) is -3.75. The maximum Gasteiger partial charge on any atom is 0.246 e. The van der Waals surface area contributed by atoms with Crippen molar-refractivity contribution in [2.75, 3.05) is 5.32 Å². The van der Waals surface area contributed by atoms with Gasteiger partial charge in [0, 0.05) is 5.56 Å². The van der Waals surface area contributed by atoms with E-state index in [0.29, 0.717) is 24.4 Å². The standard InChI is InChI=1S/C20H17N3O3S/c24-19(20(11-12-20)27(25,26)17-9-5-2-6-10-17)23-16-13-21-18(22-14-16)15-7-3-1-4-8-15/h1-10,13-14H,11-12H2,(H,23,24). The van der Waals surface area contributed by atoms with E-state index in [1.165, 1.54) is 24.5 Å². The third-order valence-corrected chi connectivity index (χ3v) is 7.14. The monoisotopic (exact) mass is 379 g/mol. The van der Waals surface area contributed by atoms with E-state index < -0.39 is 20.5 Å². The van der Waals surface area contributed by atoms with Crippen LogP contribution in [0.3, 0.4) is 0 Å². The van der Waals surface area contributed by atoms with Gasteiger partial charge in [-0.25, -0.2) is 18.4 Å². The maximum atomic E-state index is 12.9. The summed E-state index contributed by atoms with van der Waals surface area (Å²) in [4.78, 5) is 21.4. The van der Waals surface area contributed by atoms with Crippen molar-refractivity contribution < 1.29 is 13.2 Å². The first kappa shape index (κ1) is 17.4. The van der Waals surface area contributed by atoms with Crippen LogP contribution in [0.25, 0.3) is 11.4 Å². The van der Waals surface area contributed by atoms with Crippen molar-refractivity contribution >= 4 is 21.4 Å². The Morgan fingerprint density at radius 1 is 0.889 bits per heavy atom. The second-order valence-electron chi connectivity index (χ2n) is 6.43. The smallest absolute Gasteiger partial charge is 0.246 e. The average Bonchev–Trinajstić information content (AvgIpc) is 3.53. The fraction of sp³-hybridized carbons (Fsp3) is 0.150. The summed E-state index contributed by atoms with van der Waals surface area (Å²) < 4.78 is 24.4. The van der Waals surface area contributed by atoms with Crippen molar-refractivity contribution in [3.63, 3.8) is 0 Å². The van der Waals surface area contributed by atoms with Gasteiger partial charge in [-0.1, -0.05) is 48.5 Å². The van der Waals surface area contributed by atoms with Crippen LogP contribution in [0.2, 0.25) is 0 Å². The molecule has 0 bridgehead atoms. The zero-order valence-electron chi connectivity index (χ0n) is 14.4. The van der Waals surface area contributed by atoms with E-state index in [9.17, 15) is 13.2 Å². The summed E-state index contributed by atoms with van der Waals surface area (Å²) in [6, 6.07) is 17.5. The van der Waals surface area contributed by atoms with Gasteiger partial charge in [-0.05, 0) is 25.0 Å². The van der Waals surface area contributed by atoms with E-state index in [2.05, 4.69) is 15.3 Å². The molecule has 0 radical (unpaired) electrons. The summed E-state index contributed by atoms with van der Waals surface area (Å²) in [5.74, 6) is -0.00550. The lowest BCUT2D eigenvalue weighted by Gasteiger charge is -2.16. The Morgan fingerprint density at radius 2 is 1.44 bits per heavy atom. The minimum Gasteiger partial charge on any atom is -0.322 e. The third-order valence-electron chi connectivity index (χ3n) is 4.63. The summed E-state index contributed by atoms with van der Waals surface area (Å²) in [6.07, 6.45) is 3.58. The quantitative estimate of drug-likeness (QED) is 0.736. The molecule has 1 heterocycles. The van der Waals surface area contributed by atoms with E-state index >= 15 is 0 Å². The number of sulfone groups is 1. The van der Waals surface area contributed by atoms with Crippen LogP contribution >= 0.6 is 0 Å². The molecule has 1 aliphatic carbocycles. The molecule has 1 aliphatic rings. The normalized spacial score (nSPS) is 15.1. The molecule has 2 aromatic carbocycles. The Morgan fingerprint density at radius 3 is 2.00 bits per heavy atom. The third kappa shape index (κ3) is 3.10. The second-order valence-corrected chi connectivity index (χ2v) is 8.69. The minimum atomic E-state index is -3.75. The lowest BCUT2D eigenvalue weighted by Crippen LogP contribution is -2.37. The van der Waals surface area contributed by atoms with Crippen LogP contribution < -0.4 is 5.32 Å². The van der Waals surface area contributed by atoms with Crippen LogP contribution in [-0.4, -0.2) is 29.0 Å². The predicted molar refractivity (Wildman–Crippen MR) is 102 cm³/mol. The van der Waals surface area contributed by atoms with Gasteiger partial charge in [-0.3, -0.25) is 4.79 Å². The van der Waals surface area contributed by atoms with Crippen LogP contribution in [0.5, 0.6) is 0 Å². The number of nitrogens with one attached hydrogen (secondary N) is 1. The number of hydrogen-bond acceptors (Lipinski definition) is 5. The van der Waals surface area contributed by atoms with Crippen molar-refractivity contribution in [1.82, 2.24) is 9.97 Å². The van der Waals surface area contributed by atoms with Gasteiger partial charge in [-0.2, -0.15) is 0 Å².